The maximum Gasteiger partial charge on any atom is 0.239 e. The third-order valence-electron chi connectivity index (χ3n) is 4.63. The highest BCUT2D eigenvalue weighted by Crippen LogP contribution is 2.22. The zero-order valence-corrected chi connectivity index (χ0v) is 15.9. The number of nitrogens with zero attached hydrogens (tertiary/aromatic N) is 1. The van der Waals surface area contributed by atoms with Gasteiger partial charge < -0.3 is 15.5 Å². The number of anilines is 1. The molecule has 2 heterocycles. The van der Waals surface area contributed by atoms with Crippen molar-refractivity contribution < 1.29 is 9.59 Å². The molecule has 0 bridgehead atoms. The highest BCUT2D eigenvalue weighted by atomic mass is 79.9. The molecule has 0 aliphatic carbocycles. The van der Waals surface area contributed by atoms with Gasteiger partial charge >= 0.3 is 0 Å². The monoisotopic (exact) mass is 415 g/mol. The summed E-state index contributed by atoms with van der Waals surface area (Å²) in [6.07, 6.45) is 3.47. The van der Waals surface area contributed by atoms with E-state index in [1.807, 2.05) is 29.2 Å². The molecule has 2 aliphatic heterocycles. The van der Waals surface area contributed by atoms with Crippen LogP contribution in [0.2, 0.25) is 0 Å². The molecule has 3 rings (SSSR count). The number of carbonyl (C=O) groups is 2. The number of piperidine rings is 1. The third-order valence-corrected chi connectivity index (χ3v) is 5.12. The first-order valence-corrected chi connectivity index (χ1v) is 9.01. The van der Waals surface area contributed by atoms with E-state index < -0.39 is 0 Å². The lowest BCUT2D eigenvalue weighted by Gasteiger charge is -2.33. The van der Waals surface area contributed by atoms with Gasteiger partial charge in [-0.05, 0) is 50.4 Å². The summed E-state index contributed by atoms with van der Waals surface area (Å²) in [6.45, 7) is 2.28. The summed E-state index contributed by atoms with van der Waals surface area (Å²) >= 11 is 3.40. The molecule has 2 amide bonds. The quantitative estimate of drug-likeness (QED) is 0.796. The Morgan fingerprint density at radius 2 is 1.96 bits per heavy atom. The molecule has 7 heteroatoms. The van der Waals surface area contributed by atoms with E-state index in [-0.39, 0.29) is 36.2 Å². The van der Waals surface area contributed by atoms with Crippen LogP contribution in [-0.2, 0) is 9.59 Å². The van der Waals surface area contributed by atoms with Crippen LogP contribution in [-0.4, -0.2) is 42.4 Å². The molecule has 2 aliphatic rings. The normalized spacial score (nSPS) is 21.2. The first-order valence-electron chi connectivity index (χ1n) is 8.22. The van der Waals surface area contributed by atoms with Gasteiger partial charge in [-0.25, -0.2) is 0 Å². The Morgan fingerprint density at radius 3 is 2.58 bits per heavy atom. The van der Waals surface area contributed by atoms with Crippen LogP contribution in [0.5, 0.6) is 0 Å². The fraction of sp³-hybridized carbons (Fsp3) is 0.529. The Morgan fingerprint density at radius 1 is 1.21 bits per heavy atom. The summed E-state index contributed by atoms with van der Waals surface area (Å²) in [5.74, 6) is 0.233. The minimum Gasteiger partial charge on any atom is -0.341 e. The number of benzene rings is 1. The largest absolute Gasteiger partial charge is 0.341 e. The fourth-order valence-electron chi connectivity index (χ4n) is 3.29. The minimum absolute atomic E-state index is 0. The smallest absolute Gasteiger partial charge is 0.239 e. The molecule has 2 N–H and O–H groups in total. The van der Waals surface area contributed by atoms with Crippen molar-refractivity contribution in [1.29, 1.82) is 0 Å². The van der Waals surface area contributed by atoms with E-state index in [1.165, 1.54) is 0 Å². The van der Waals surface area contributed by atoms with Crippen molar-refractivity contribution in [3.63, 3.8) is 0 Å². The van der Waals surface area contributed by atoms with Crippen LogP contribution in [0.15, 0.2) is 28.7 Å². The Bertz CT molecular complexity index is 585. The standard InChI is InChI=1S/C17H22BrN3O2.ClH/c18-13-3-1-4-14(11-13)20-16(22)12-6-9-21(10-7-12)17(23)15-5-2-8-19-15;/h1,3-4,11-12,15,19H,2,5-10H2,(H,20,22);1H. The van der Waals surface area contributed by atoms with Gasteiger partial charge in [-0.15, -0.1) is 12.4 Å². The number of hydrogen-bond donors (Lipinski definition) is 2. The Labute approximate surface area is 157 Å². The van der Waals surface area contributed by atoms with E-state index in [4.69, 9.17) is 0 Å². The SMILES string of the molecule is Cl.O=C(Nc1cccc(Br)c1)C1CCN(C(=O)C2CCCN2)CC1. The Balaban J connectivity index is 0.00000208. The number of rotatable bonds is 3. The summed E-state index contributed by atoms with van der Waals surface area (Å²) in [7, 11) is 0. The number of carbonyl (C=O) groups excluding carboxylic acids is 2. The molecule has 2 saturated heterocycles. The van der Waals surface area contributed by atoms with Gasteiger partial charge in [0, 0.05) is 29.2 Å². The van der Waals surface area contributed by atoms with Crippen LogP contribution in [0.3, 0.4) is 0 Å². The predicted molar refractivity (Wildman–Crippen MR) is 100 cm³/mol. The van der Waals surface area contributed by atoms with Crippen molar-refractivity contribution in [1.82, 2.24) is 10.2 Å². The first kappa shape index (κ1) is 19.2. The van der Waals surface area contributed by atoms with E-state index in [9.17, 15) is 9.59 Å². The molecule has 1 aromatic carbocycles. The van der Waals surface area contributed by atoms with E-state index in [2.05, 4.69) is 26.6 Å². The number of amides is 2. The highest BCUT2D eigenvalue weighted by Gasteiger charge is 2.31. The Hall–Kier alpha value is -1.11. The van der Waals surface area contributed by atoms with Gasteiger partial charge in [0.15, 0.2) is 0 Å². The van der Waals surface area contributed by atoms with Crippen LogP contribution in [0, 0.1) is 5.92 Å². The van der Waals surface area contributed by atoms with Crippen molar-refractivity contribution in [2.24, 2.45) is 5.92 Å². The summed E-state index contributed by atoms with van der Waals surface area (Å²) < 4.78 is 0.944. The van der Waals surface area contributed by atoms with Crippen LogP contribution in [0.1, 0.15) is 25.7 Å². The molecular weight excluding hydrogens is 394 g/mol. The molecule has 0 radical (unpaired) electrons. The number of halogens is 2. The van der Waals surface area contributed by atoms with Crippen molar-refractivity contribution >= 4 is 45.8 Å². The summed E-state index contributed by atoms with van der Waals surface area (Å²) in [5, 5.41) is 6.22. The molecule has 2 fully saturated rings. The van der Waals surface area contributed by atoms with Crippen molar-refractivity contribution in [3.05, 3.63) is 28.7 Å². The maximum absolute atomic E-state index is 12.4. The summed E-state index contributed by atoms with van der Waals surface area (Å²) in [4.78, 5) is 26.6. The zero-order valence-electron chi connectivity index (χ0n) is 13.5. The average molecular weight is 417 g/mol. The Kier molecular flexibility index (Phi) is 7.07. The summed E-state index contributed by atoms with van der Waals surface area (Å²) in [6, 6.07) is 7.59. The van der Waals surface area contributed by atoms with E-state index in [0.29, 0.717) is 13.1 Å². The molecule has 1 atom stereocenters. The van der Waals surface area contributed by atoms with Gasteiger partial charge in [0.1, 0.15) is 0 Å². The van der Waals surface area contributed by atoms with Gasteiger partial charge in [0.25, 0.3) is 0 Å². The second-order valence-corrected chi connectivity index (χ2v) is 7.16. The van der Waals surface area contributed by atoms with E-state index in [1.54, 1.807) is 0 Å². The molecule has 132 valence electrons. The van der Waals surface area contributed by atoms with Crippen LogP contribution >= 0.6 is 28.3 Å². The maximum atomic E-state index is 12.4. The van der Waals surface area contributed by atoms with Crippen molar-refractivity contribution in [2.45, 2.75) is 31.7 Å². The summed E-state index contributed by atoms with van der Waals surface area (Å²) in [5.41, 5.74) is 0.804. The van der Waals surface area contributed by atoms with Crippen molar-refractivity contribution in [2.75, 3.05) is 25.0 Å². The molecule has 0 spiro atoms. The molecule has 0 saturated carbocycles. The predicted octanol–water partition coefficient (Wildman–Crippen LogP) is 2.80. The van der Waals surface area contributed by atoms with E-state index >= 15 is 0 Å². The lowest BCUT2D eigenvalue weighted by molar-refractivity contribution is -0.136. The van der Waals surface area contributed by atoms with Gasteiger partial charge in [-0.1, -0.05) is 22.0 Å². The fourth-order valence-corrected chi connectivity index (χ4v) is 3.69. The average Bonchev–Trinajstić information content (AvgIpc) is 3.09. The molecular formula is C17H23BrClN3O2. The lowest BCUT2D eigenvalue weighted by Crippen LogP contribution is -2.48. The molecule has 24 heavy (non-hydrogen) atoms. The highest BCUT2D eigenvalue weighted by molar-refractivity contribution is 9.10. The van der Waals surface area contributed by atoms with E-state index in [0.717, 1.165) is 42.4 Å². The lowest BCUT2D eigenvalue weighted by atomic mass is 9.95. The number of likely N-dealkylation sites (tertiary alicyclic amines) is 1. The van der Waals surface area contributed by atoms with Crippen molar-refractivity contribution in [3.8, 4) is 0 Å². The van der Waals surface area contributed by atoms with Gasteiger partial charge in [0.2, 0.25) is 11.8 Å². The molecule has 1 aromatic rings. The number of hydrogen-bond acceptors (Lipinski definition) is 3. The van der Waals surface area contributed by atoms with Crippen LogP contribution in [0.4, 0.5) is 5.69 Å². The third kappa shape index (κ3) is 4.71. The molecule has 1 unspecified atom stereocenters. The van der Waals surface area contributed by atoms with Crippen LogP contribution in [0.25, 0.3) is 0 Å². The van der Waals surface area contributed by atoms with Gasteiger partial charge in [-0.2, -0.15) is 0 Å². The molecule has 0 aromatic heterocycles. The second kappa shape index (κ2) is 8.83. The zero-order chi connectivity index (χ0) is 16.2. The topological polar surface area (TPSA) is 61.4 Å². The first-order chi connectivity index (χ1) is 11.1. The van der Waals surface area contributed by atoms with Gasteiger partial charge in [-0.3, -0.25) is 9.59 Å². The van der Waals surface area contributed by atoms with Crippen LogP contribution < -0.4 is 10.6 Å². The molecule has 5 nitrogen and oxygen atoms in total. The second-order valence-electron chi connectivity index (χ2n) is 6.25. The number of nitrogens with one attached hydrogen (secondary N) is 2. The van der Waals surface area contributed by atoms with Gasteiger partial charge in [0.05, 0.1) is 6.04 Å². The minimum atomic E-state index is -0.0189.